The van der Waals surface area contributed by atoms with Crippen molar-refractivity contribution < 1.29 is 27.1 Å². The van der Waals surface area contributed by atoms with Gasteiger partial charge in [-0.3, -0.25) is 14.0 Å². The molecule has 9 heteroatoms. The van der Waals surface area contributed by atoms with Gasteiger partial charge in [0, 0.05) is 56.3 Å². The summed E-state index contributed by atoms with van der Waals surface area (Å²) in [5, 5.41) is 0. The van der Waals surface area contributed by atoms with Crippen LogP contribution in [0.3, 0.4) is 0 Å². The van der Waals surface area contributed by atoms with E-state index in [-0.39, 0.29) is 68.4 Å². The van der Waals surface area contributed by atoms with Crippen LogP contribution in [0, 0.1) is 0 Å². The van der Waals surface area contributed by atoms with Gasteiger partial charge in [-0.05, 0) is 77.7 Å². The van der Waals surface area contributed by atoms with E-state index in [4.69, 9.17) is 32.1 Å². The molecule has 1 aromatic heterocycles. The fourth-order valence-corrected chi connectivity index (χ4v) is 12.1. The quantitative estimate of drug-likeness (QED) is 0.157. The van der Waals surface area contributed by atoms with Crippen molar-refractivity contribution in [1.29, 1.82) is 0 Å². The van der Waals surface area contributed by atoms with E-state index in [0.29, 0.717) is 0 Å². The van der Waals surface area contributed by atoms with E-state index in [1.165, 1.54) is 22.3 Å². The van der Waals surface area contributed by atoms with Gasteiger partial charge in [0.05, 0.1) is 24.6 Å². The summed E-state index contributed by atoms with van der Waals surface area (Å²) < 4.78 is 42.5. The first-order valence-corrected chi connectivity index (χ1v) is 30.0. The minimum atomic E-state index is -1.97. The van der Waals surface area contributed by atoms with Crippen molar-refractivity contribution in [3.8, 4) is 23.0 Å². The van der Waals surface area contributed by atoms with Gasteiger partial charge >= 0.3 is 17.2 Å². The van der Waals surface area contributed by atoms with Gasteiger partial charge < -0.3 is 18.1 Å². The third-order valence-corrected chi connectivity index (χ3v) is 17.2. The second kappa shape index (κ2) is 20.6. The maximum Gasteiger partial charge on any atom is 0.463 e. The molecule has 2 aliphatic heterocycles. The number of hydrogen-bond acceptors (Lipinski definition) is 7. The van der Waals surface area contributed by atoms with Crippen LogP contribution in [0.5, 0.6) is 23.0 Å². The Labute approximate surface area is 463 Å². The molecule has 0 atom stereocenters. The van der Waals surface area contributed by atoms with Gasteiger partial charge in [0.2, 0.25) is 0 Å². The Hall–Kier alpha value is -3.99. The van der Waals surface area contributed by atoms with E-state index in [1.807, 2.05) is 18.2 Å². The van der Waals surface area contributed by atoms with E-state index in [1.54, 1.807) is 0 Å². The van der Waals surface area contributed by atoms with E-state index in [0.717, 1.165) is 78.9 Å². The molecule has 0 amide bonds. The highest BCUT2D eigenvalue weighted by atomic mass is 31.2. The van der Waals surface area contributed by atoms with Crippen LogP contribution >= 0.6 is 17.2 Å². The van der Waals surface area contributed by atoms with Crippen LogP contribution in [0.2, 0.25) is 0 Å². The van der Waals surface area contributed by atoms with E-state index >= 15 is 0 Å². The van der Waals surface area contributed by atoms with Crippen LogP contribution in [-0.4, -0.2) is 4.98 Å². The number of benzene rings is 4. The van der Waals surface area contributed by atoms with Gasteiger partial charge in [0.1, 0.15) is 23.0 Å². The van der Waals surface area contributed by atoms with Crippen molar-refractivity contribution in [1.82, 2.24) is 4.98 Å². The first-order chi connectivity index (χ1) is 34.5. The molecule has 0 fully saturated rings. The molecule has 0 radical (unpaired) electrons. The maximum atomic E-state index is 7.18. The third-order valence-electron chi connectivity index (χ3n) is 15.2. The summed E-state index contributed by atoms with van der Waals surface area (Å²) in [5.41, 5.74) is 14.5. The Bertz CT molecular complexity index is 2580. The molecule has 7 nitrogen and oxygen atoms in total. The Balaban J connectivity index is 1.28. The lowest BCUT2D eigenvalue weighted by Gasteiger charge is -2.36. The predicted octanol–water partition coefficient (Wildman–Crippen LogP) is 20.2. The molecule has 0 N–H and O–H groups in total. The molecule has 4 aromatic carbocycles. The summed E-state index contributed by atoms with van der Waals surface area (Å²) in [6.45, 7) is 59.5. The Kier molecular flexibility index (Phi) is 16.2. The molecular weight excluding hydrogens is 977 g/mol. The van der Waals surface area contributed by atoms with Gasteiger partial charge in [0.25, 0.3) is 0 Å². The molecular formula is C67H95NO6P2. The van der Waals surface area contributed by atoms with Crippen LogP contribution in [0.1, 0.15) is 270 Å². The highest BCUT2D eigenvalue weighted by molar-refractivity contribution is 7.42. The largest absolute Gasteiger partial charge is 0.463 e. The van der Waals surface area contributed by atoms with Crippen LogP contribution in [0.15, 0.2) is 66.7 Å². The normalized spacial score (nSPS) is 18.8. The zero-order chi connectivity index (χ0) is 56.8. The molecule has 5 aromatic rings. The fourth-order valence-electron chi connectivity index (χ4n) is 9.96. The number of aromatic nitrogens is 1. The van der Waals surface area contributed by atoms with E-state index in [2.05, 4.69) is 229 Å². The van der Waals surface area contributed by atoms with Crippen LogP contribution in [-0.2, 0) is 65.6 Å². The van der Waals surface area contributed by atoms with Gasteiger partial charge in [0.15, 0.2) is 0 Å². The fraction of sp³-hybridized carbons (Fsp3) is 0.567. The highest BCUT2D eigenvalue weighted by Crippen LogP contribution is 2.58. The third kappa shape index (κ3) is 13.0. The van der Waals surface area contributed by atoms with E-state index in [9.17, 15) is 0 Å². The number of fused-ring (bicyclic) bond motifs is 4. The molecule has 414 valence electrons. The Morgan fingerprint density at radius 2 is 0.579 bits per heavy atom. The van der Waals surface area contributed by atoms with Crippen LogP contribution < -0.4 is 18.1 Å². The summed E-state index contributed by atoms with van der Waals surface area (Å²) in [7, 11) is -3.95. The van der Waals surface area contributed by atoms with Crippen molar-refractivity contribution in [3.63, 3.8) is 0 Å². The molecule has 0 unspecified atom stereocenters. The summed E-state index contributed by atoms with van der Waals surface area (Å²) in [6.07, 6.45) is 0. The standard InChI is InChI=1S/C67H95NO6P2/c1-40-48-30-42(60(3,4)5)34-52(64(15,16)17)56(48)71-75(72-57-49(40)31-43(61(6,7)8)35-53(57)65(18,19)20)69-38-46-28-27-29-47(68-46)39-70-76-73-58-50(32-44(62(9,10)11)36-54(58)66(21,22)23)41(2)51-33-45(63(12,13)14)37-55(59(51)74-76)67(24,25)26/h27-37,40-41H,38-39H2,1-26H3. The predicted molar refractivity (Wildman–Crippen MR) is 321 cm³/mol. The van der Waals surface area contributed by atoms with Gasteiger partial charge in [-0.15, -0.1) is 0 Å². The monoisotopic (exact) mass is 1070 g/mol. The zero-order valence-corrected chi connectivity index (χ0v) is 53.5. The van der Waals surface area contributed by atoms with Gasteiger partial charge in [-0.1, -0.05) is 235 Å². The maximum absolute atomic E-state index is 7.18. The second-order valence-electron chi connectivity index (χ2n) is 30.2. The molecule has 0 aliphatic carbocycles. The second-order valence-corrected chi connectivity index (χ2v) is 32.3. The van der Waals surface area contributed by atoms with Crippen molar-refractivity contribution in [3.05, 3.63) is 145 Å². The Morgan fingerprint density at radius 1 is 0.355 bits per heavy atom. The number of rotatable bonds is 6. The van der Waals surface area contributed by atoms with Crippen molar-refractivity contribution in [2.45, 2.75) is 248 Å². The summed E-state index contributed by atoms with van der Waals surface area (Å²) in [4.78, 5) is 5.16. The SMILES string of the molecule is CC1c2cc(C(C)(C)C)cc(C(C)(C)C)c2OP(OCc2cccc(COP3Oc4c(cc(C(C)(C)C)cc4C(C)(C)C)C(C)c4cc(C(C)(C)C)cc(C(C)(C)C)c4O3)n2)Oc2c1cc(C(C)(C)C)cc2C(C)(C)C. The molecule has 0 saturated heterocycles. The Morgan fingerprint density at radius 3 is 0.776 bits per heavy atom. The lowest BCUT2D eigenvalue weighted by molar-refractivity contribution is 0.241. The van der Waals surface area contributed by atoms with Crippen molar-refractivity contribution in [2.24, 2.45) is 0 Å². The van der Waals surface area contributed by atoms with Gasteiger partial charge in [-0.25, -0.2) is 0 Å². The molecule has 0 bridgehead atoms. The molecule has 0 spiro atoms. The molecule has 3 heterocycles. The highest BCUT2D eigenvalue weighted by Gasteiger charge is 2.40. The molecule has 0 saturated carbocycles. The minimum absolute atomic E-state index is 0.0212. The number of hydrogen-bond donors (Lipinski definition) is 0. The zero-order valence-electron chi connectivity index (χ0n) is 51.7. The summed E-state index contributed by atoms with van der Waals surface area (Å²) >= 11 is 0. The van der Waals surface area contributed by atoms with Gasteiger partial charge in [-0.2, -0.15) is 0 Å². The lowest BCUT2D eigenvalue weighted by Crippen LogP contribution is -2.23. The van der Waals surface area contributed by atoms with Crippen molar-refractivity contribution >= 4 is 17.2 Å². The van der Waals surface area contributed by atoms with Crippen LogP contribution in [0.4, 0.5) is 0 Å². The molecule has 2 aliphatic rings. The average molecular weight is 1070 g/mol. The number of nitrogens with zero attached hydrogens (tertiary/aromatic N) is 1. The lowest BCUT2D eigenvalue weighted by atomic mass is 9.74. The summed E-state index contributed by atoms with van der Waals surface area (Å²) in [5.74, 6) is 3.31. The van der Waals surface area contributed by atoms with E-state index < -0.39 is 17.2 Å². The first kappa shape index (κ1) is 59.7. The van der Waals surface area contributed by atoms with Crippen molar-refractivity contribution in [2.75, 3.05) is 0 Å². The van der Waals surface area contributed by atoms with Crippen LogP contribution in [0.25, 0.3) is 0 Å². The number of pyridine rings is 1. The summed E-state index contributed by atoms with van der Waals surface area (Å²) in [6, 6.07) is 24.8. The first-order valence-electron chi connectivity index (χ1n) is 27.8. The smallest absolute Gasteiger partial charge is 0.417 e. The molecule has 76 heavy (non-hydrogen) atoms. The minimum Gasteiger partial charge on any atom is -0.417 e. The molecule has 7 rings (SSSR count). The topological polar surface area (TPSA) is 68.3 Å². The average Bonchev–Trinajstić information content (AvgIpc) is 3.25.